The number of urea groups is 1. The van der Waals surface area contributed by atoms with Gasteiger partial charge in [0, 0.05) is 36.7 Å². The number of non-ortho nitro benzene ring substituents is 1. The Balaban J connectivity index is 1.65. The Bertz CT molecular complexity index is 931. The zero-order valence-corrected chi connectivity index (χ0v) is 15.8. The summed E-state index contributed by atoms with van der Waals surface area (Å²) in [6.45, 7) is -2.58. The van der Waals surface area contributed by atoms with E-state index in [0.29, 0.717) is 18.4 Å². The number of halogens is 2. The van der Waals surface area contributed by atoms with Crippen LogP contribution in [0.4, 0.5) is 25.0 Å². The molecule has 30 heavy (non-hydrogen) atoms. The summed E-state index contributed by atoms with van der Waals surface area (Å²) in [5, 5.41) is 13.3. The SMILES string of the molecule is O=C(c1ccccc1)C1CCN(C(=O)Nc2cc([N+](=O)[O-])ccc2OC(F)F)CC1. The molecule has 0 spiro atoms. The van der Waals surface area contributed by atoms with Crippen molar-refractivity contribution in [2.45, 2.75) is 19.5 Å². The van der Waals surface area contributed by atoms with Gasteiger partial charge in [0.15, 0.2) is 5.78 Å². The van der Waals surface area contributed by atoms with Crippen LogP contribution in [0.2, 0.25) is 0 Å². The number of nitrogens with one attached hydrogen (secondary N) is 1. The van der Waals surface area contributed by atoms with Crippen molar-refractivity contribution >= 4 is 23.2 Å². The van der Waals surface area contributed by atoms with Crippen LogP contribution >= 0.6 is 0 Å². The number of carbonyl (C=O) groups is 2. The van der Waals surface area contributed by atoms with Crippen molar-refractivity contribution in [3.8, 4) is 5.75 Å². The van der Waals surface area contributed by atoms with E-state index in [4.69, 9.17) is 0 Å². The lowest BCUT2D eigenvalue weighted by Crippen LogP contribution is -2.42. The Morgan fingerprint density at radius 1 is 1.13 bits per heavy atom. The van der Waals surface area contributed by atoms with Crippen molar-refractivity contribution in [1.82, 2.24) is 4.90 Å². The van der Waals surface area contributed by atoms with E-state index in [1.807, 2.05) is 6.07 Å². The summed E-state index contributed by atoms with van der Waals surface area (Å²) in [6.07, 6.45) is 0.910. The number of likely N-dealkylation sites (tertiary alicyclic amines) is 1. The maximum Gasteiger partial charge on any atom is 0.387 e. The van der Waals surface area contributed by atoms with E-state index in [9.17, 15) is 28.5 Å². The number of ether oxygens (including phenoxy) is 1. The molecule has 0 aliphatic carbocycles. The van der Waals surface area contributed by atoms with Crippen LogP contribution in [0.25, 0.3) is 0 Å². The highest BCUT2D eigenvalue weighted by Gasteiger charge is 2.28. The van der Waals surface area contributed by atoms with Crippen molar-refractivity contribution in [3.63, 3.8) is 0 Å². The van der Waals surface area contributed by atoms with Crippen LogP contribution in [0.5, 0.6) is 5.75 Å². The second-order valence-corrected chi connectivity index (χ2v) is 6.74. The number of piperidine rings is 1. The summed E-state index contributed by atoms with van der Waals surface area (Å²) in [7, 11) is 0. The molecule has 1 N–H and O–H groups in total. The molecule has 0 saturated carbocycles. The zero-order chi connectivity index (χ0) is 21.7. The van der Waals surface area contributed by atoms with Gasteiger partial charge < -0.3 is 15.0 Å². The largest absolute Gasteiger partial charge is 0.433 e. The van der Waals surface area contributed by atoms with Crippen molar-refractivity contribution in [2.24, 2.45) is 5.92 Å². The van der Waals surface area contributed by atoms with Gasteiger partial charge in [0.05, 0.1) is 10.6 Å². The molecule has 2 amide bonds. The van der Waals surface area contributed by atoms with E-state index in [-0.39, 0.29) is 41.9 Å². The van der Waals surface area contributed by atoms with Gasteiger partial charge in [-0.15, -0.1) is 0 Å². The van der Waals surface area contributed by atoms with Crippen molar-refractivity contribution in [3.05, 3.63) is 64.2 Å². The lowest BCUT2D eigenvalue weighted by atomic mass is 9.89. The Morgan fingerprint density at radius 2 is 1.80 bits per heavy atom. The maximum absolute atomic E-state index is 12.6. The molecule has 1 heterocycles. The van der Waals surface area contributed by atoms with E-state index < -0.39 is 17.6 Å². The first-order valence-electron chi connectivity index (χ1n) is 9.23. The monoisotopic (exact) mass is 419 g/mol. The molecule has 2 aromatic carbocycles. The molecule has 3 rings (SSSR count). The van der Waals surface area contributed by atoms with Gasteiger partial charge in [0.1, 0.15) is 5.75 Å². The van der Waals surface area contributed by atoms with Gasteiger partial charge >= 0.3 is 12.6 Å². The number of ketones is 1. The first-order valence-corrected chi connectivity index (χ1v) is 9.23. The van der Waals surface area contributed by atoms with E-state index in [1.54, 1.807) is 24.3 Å². The number of hydrogen-bond acceptors (Lipinski definition) is 5. The average molecular weight is 419 g/mol. The molecule has 1 aliphatic rings. The molecule has 0 unspecified atom stereocenters. The van der Waals surface area contributed by atoms with Gasteiger partial charge in [-0.25, -0.2) is 4.79 Å². The highest BCUT2D eigenvalue weighted by atomic mass is 19.3. The Hall–Kier alpha value is -3.56. The number of rotatable bonds is 6. The van der Waals surface area contributed by atoms with Gasteiger partial charge in [-0.1, -0.05) is 30.3 Å². The molecule has 2 aromatic rings. The first-order chi connectivity index (χ1) is 14.3. The van der Waals surface area contributed by atoms with Crippen LogP contribution in [0.3, 0.4) is 0 Å². The minimum absolute atomic E-state index is 0.0157. The summed E-state index contributed by atoms with van der Waals surface area (Å²) in [5.74, 6) is -0.577. The number of alkyl halides is 2. The lowest BCUT2D eigenvalue weighted by molar-refractivity contribution is -0.384. The van der Waals surface area contributed by atoms with Crippen LogP contribution in [0.15, 0.2) is 48.5 Å². The minimum atomic E-state index is -3.15. The number of Topliss-reactive ketones (excluding diaryl/α,β-unsaturated/α-hetero) is 1. The smallest absolute Gasteiger partial charge is 0.387 e. The lowest BCUT2D eigenvalue weighted by Gasteiger charge is -2.31. The van der Waals surface area contributed by atoms with Crippen LogP contribution in [0, 0.1) is 16.0 Å². The van der Waals surface area contributed by atoms with E-state index in [0.717, 1.165) is 18.2 Å². The predicted octanol–water partition coefficient (Wildman–Crippen LogP) is 4.32. The second-order valence-electron chi connectivity index (χ2n) is 6.74. The molecule has 8 nitrogen and oxygen atoms in total. The fourth-order valence-electron chi connectivity index (χ4n) is 3.31. The molecule has 0 aromatic heterocycles. The highest BCUT2D eigenvalue weighted by Crippen LogP contribution is 2.31. The number of benzene rings is 2. The summed E-state index contributed by atoms with van der Waals surface area (Å²) in [5.41, 5.74) is 0.0156. The van der Waals surface area contributed by atoms with Crippen LogP contribution in [0.1, 0.15) is 23.2 Å². The van der Waals surface area contributed by atoms with Crippen LogP contribution in [-0.2, 0) is 0 Å². The second kappa shape index (κ2) is 9.29. The van der Waals surface area contributed by atoms with Gasteiger partial charge in [0.25, 0.3) is 5.69 Å². The summed E-state index contributed by atoms with van der Waals surface area (Å²) >= 11 is 0. The quantitative estimate of drug-likeness (QED) is 0.427. The molecule has 10 heteroatoms. The van der Waals surface area contributed by atoms with Crippen LogP contribution in [-0.4, -0.2) is 41.3 Å². The third-order valence-corrected chi connectivity index (χ3v) is 4.84. The topological polar surface area (TPSA) is 102 Å². The van der Waals surface area contributed by atoms with Gasteiger partial charge in [0.2, 0.25) is 0 Å². The molecule has 0 bridgehead atoms. The number of nitrogens with zero attached hydrogens (tertiary/aromatic N) is 2. The molecule has 158 valence electrons. The third-order valence-electron chi connectivity index (χ3n) is 4.84. The Morgan fingerprint density at radius 3 is 2.40 bits per heavy atom. The predicted molar refractivity (Wildman–Crippen MR) is 104 cm³/mol. The third kappa shape index (κ3) is 5.07. The van der Waals surface area contributed by atoms with Crippen LogP contribution < -0.4 is 10.1 Å². The van der Waals surface area contributed by atoms with Crippen molar-refractivity contribution in [2.75, 3.05) is 18.4 Å². The number of amides is 2. The van der Waals surface area contributed by atoms with E-state index >= 15 is 0 Å². The minimum Gasteiger partial charge on any atom is -0.433 e. The molecule has 0 atom stereocenters. The fourth-order valence-corrected chi connectivity index (χ4v) is 3.31. The van der Waals surface area contributed by atoms with Crippen molar-refractivity contribution in [1.29, 1.82) is 0 Å². The standard InChI is InChI=1S/C20H19F2N3O5/c21-19(22)30-17-7-6-15(25(28)29)12-16(17)23-20(27)24-10-8-14(9-11-24)18(26)13-4-2-1-3-5-13/h1-7,12,14,19H,8-11H2,(H,23,27). The van der Waals surface area contributed by atoms with E-state index in [1.165, 1.54) is 4.90 Å². The molecule has 0 radical (unpaired) electrons. The number of nitro groups is 1. The molecular weight excluding hydrogens is 400 g/mol. The number of hydrogen-bond donors (Lipinski definition) is 1. The maximum atomic E-state index is 12.6. The Labute approximate surface area is 170 Å². The fraction of sp³-hybridized carbons (Fsp3) is 0.300. The molecular formula is C20H19F2N3O5. The van der Waals surface area contributed by atoms with E-state index in [2.05, 4.69) is 10.1 Å². The average Bonchev–Trinajstić information content (AvgIpc) is 2.74. The highest BCUT2D eigenvalue weighted by molar-refractivity contribution is 5.98. The molecule has 1 saturated heterocycles. The summed E-state index contributed by atoms with van der Waals surface area (Å²) < 4.78 is 29.5. The normalized spacial score (nSPS) is 14.4. The zero-order valence-electron chi connectivity index (χ0n) is 15.8. The summed E-state index contributed by atoms with van der Waals surface area (Å²) in [6, 6.07) is 11.2. The number of nitro benzene ring substituents is 1. The molecule has 1 fully saturated rings. The van der Waals surface area contributed by atoms with Gasteiger partial charge in [-0.05, 0) is 18.9 Å². The van der Waals surface area contributed by atoms with Crippen molar-refractivity contribution < 1.29 is 28.0 Å². The molecule has 1 aliphatic heterocycles. The number of anilines is 1. The first kappa shape index (κ1) is 21.2. The van der Waals surface area contributed by atoms with Gasteiger partial charge in [-0.3, -0.25) is 14.9 Å². The summed E-state index contributed by atoms with van der Waals surface area (Å²) in [4.78, 5) is 36.8. The number of carbonyl (C=O) groups excluding carboxylic acids is 2. The Kier molecular flexibility index (Phi) is 6.55. The van der Waals surface area contributed by atoms with Gasteiger partial charge in [-0.2, -0.15) is 8.78 Å².